The summed E-state index contributed by atoms with van der Waals surface area (Å²) in [6, 6.07) is 12.0. The van der Waals surface area contributed by atoms with Crippen molar-refractivity contribution >= 4 is 17.7 Å². The van der Waals surface area contributed by atoms with Gasteiger partial charge in [-0.15, -0.1) is 11.8 Å². The van der Waals surface area contributed by atoms with Crippen LogP contribution in [0.4, 0.5) is 0 Å². The molecule has 1 atom stereocenters. The third kappa shape index (κ3) is 4.80. The van der Waals surface area contributed by atoms with Crippen molar-refractivity contribution in [1.82, 2.24) is 4.90 Å². The molecule has 1 rings (SSSR count). The summed E-state index contributed by atoms with van der Waals surface area (Å²) in [6.45, 7) is 4.94. The number of hydrogen-bond acceptors (Lipinski definition) is 3. The highest BCUT2D eigenvalue weighted by Gasteiger charge is 2.14. The summed E-state index contributed by atoms with van der Waals surface area (Å²) in [6.07, 6.45) is 0. The molecule has 1 aromatic rings. The Labute approximate surface area is 113 Å². The Morgan fingerprint density at radius 1 is 1.44 bits per heavy atom. The van der Waals surface area contributed by atoms with Crippen molar-refractivity contribution in [2.45, 2.75) is 18.7 Å². The second-order valence-electron chi connectivity index (χ2n) is 4.06. The Bertz CT molecular complexity index is 414. The summed E-state index contributed by atoms with van der Waals surface area (Å²) in [5, 5.41) is 8.78. The molecule has 0 aliphatic heterocycles. The van der Waals surface area contributed by atoms with Crippen LogP contribution in [0.2, 0.25) is 0 Å². The fourth-order valence-electron chi connectivity index (χ4n) is 1.53. The maximum atomic E-state index is 12.0. The lowest BCUT2D eigenvalue weighted by molar-refractivity contribution is -0.128. The number of benzene rings is 1. The molecule has 0 radical (unpaired) electrons. The van der Waals surface area contributed by atoms with E-state index in [1.807, 2.05) is 44.2 Å². The molecule has 4 heteroatoms. The average Bonchev–Trinajstić information content (AvgIpc) is 2.42. The quantitative estimate of drug-likeness (QED) is 0.740. The second kappa shape index (κ2) is 7.78. The lowest BCUT2D eigenvalue weighted by Gasteiger charge is -2.21. The van der Waals surface area contributed by atoms with Crippen LogP contribution in [0.25, 0.3) is 0 Å². The summed E-state index contributed by atoms with van der Waals surface area (Å²) >= 11 is 1.53. The van der Waals surface area contributed by atoms with Crippen molar-refractivity contribution < 1.29 is 4.79 Å². The highest BCUT2D eigenvalue weighted by molar-refractivity contribution is 8.00. The van der Waals surface area contributed by atoms with E-state index in [-0.39, 0.29) is 11.8 Å². The molecule has 0 fully saturated rings. The SMILES string of the molecule is CCN(CC(C)C#N)C(=O)CSc1ccccc1. The van der Waals surface area contributed by atoms with Gasteiger partial charge in [0.15, 0.2) is 0 Å². The molecule has 1 aromatic carbocycles. The number of nitrogens with zero attached hydrogens (tertiary/aromatic N) is 2. The molecule has 0 aliphatic carbocycles. The van der Waals surface area contributed by atoms with Gasteiger partial charge in [-0.2, -0.15) is 5.26 Å². The van der Waals surface area contributed by atoms with Crippen LogP contribution in [0.5, 0.6) is 0 Å². The van der Waals surface area contributed by atoms with Crippen molar-refractivity contribution in [2.24, 2.45) is 5.92 Å². The van der Waals surface area contributed by atoms with Crippen molar-refractivity contribution in [2.75, 3.05) is 18.8 Å². The molecule has 0 N–H and O–H groups in total. The summed E-state index contributed by atoms with van der Waals surface area (Å²) in [5.74, 6) is 0.403. The van der Waals surface area contributed by atoms with Gasteiger partial charge in [0.25, 0.3) is 0 Å². The van der Waals surface area contributed by atoms with Crippen LogP contribution < -0.4 is 0 Å². The van der Waals surface area contributed by atoms with E-state index in [2.05, 4.69) is 6.07 Å². The first-order valence-corrected chi connectivity index (χ1v) is 7.01. The van der Waals surface area contributed by atoms with Crippen molar-refractivity contribution in [3.8, 4) is 6.07 Å². The monoisotopic (exact) mass is 262 g/mol. The number of carbonyl (C=O) groups excluding carboxylic acids is 1. The van der Waals surface area contributed by atoms with Crippen molar-refractivity contribution in [1.29, 1.82) is 5.26 Å². The minimum atomic E-state index is -0.115. The smallest absolute Gasteiger partial charge is 0.232 e. The molecular formula is C14H18N2OS. The highest BCUT2D eigenvalue weighted by Crippen LogP contribution is 2.17. The topological polar surface area (TPSA) is 44.1 Å². The molecule has 0 aliphatic rings. The lowest BCUT2D eigenvalue weighted by atomic mass is 10.2. The minimum Gasteiger partial charge on any atom is -0.341 e. The molecule has 0 heterocycles. The number of amides is 1. The molecular weight excluding hydrogens is 244 g/mol. The van der Waals surface area contributed by atoms with Gasteiger partial charge < -0.3 is 4.90 Å². The van der Waals surface area contributed by atoms with Gasteiger partial charge in [0.2, 0.25) is 5.91 Å². The van der Waals surface area contributed by atoms with Crippen molar-refractivity contribution in [3.63, 3.8) is 0 Å². The van der Waals surface area contributed by atoms with E-state index in [0.29, 0.717) is 18.8 Å². The fourth-order valence-corrected chi connectivity index (χ4v) is 2.35. The maximum Gasteiger partial charge on any atom is 0.232 e. The van der Waals surface area contributed by atoms with E-state index < -0.39 is 0 Å². The Morgan fingerprint density at radius 3 is 2.67 bits per heavy atom. The summed E-state index contributed by atoms with van der Waals surface area (Å²) in [4.78, 5) is 14.8. The van der Waals surface area contributed by atoms with Gasteiger partial charge in [-0.1, -0.05) is 18.2 Å². The first-order chi connectivity index (χ1) is 8.67. The van der Waals surface area contributed by atoms with Crippen LogP contribution in [0.15, 0.2) is 35.2 Å². The molecule has 96 valence electrons. The Morgan fingerprint density at radius 2 is 2.11 bits per heavy atom. The fraction of sp³-hybridized carbons (Fsp3) is 0.429. The largest absolute Gasteiger partial charge is 0.341 e. The second-order valence-corrected chi connectivity index (χ2v) is 5.11. The Balaban J connectivity index is 2.46. The maximum absolute atomic E-state index is 12.0. The molecule has 18 heavy (non-hydrogen) atoms. The van der Waals surface area contributed by atoms with Crippen LogP contribution in [0.3, 0.4) is 0 Å². The molecule has 0 spiro atoms. The number of thioether (sulfide) groups is 1. The standard InChI is InChI=1S/C14H18N2OS/c1-3-16(10-12(2)9-15)14(17)11-18-13-7-5-4-6-8-13/h4-8,12H,3,10-11H2,1-2H3. The van der Waals surface area contributed by atoms with E-state index in [4.69, 9.17) is 5.26 Å². The summed E-state index contributed by atoms with van der Waals surface area (Å²) < 4.78 is 0. The van der Waals surface area contributed by atoms with Gasteiger partial charge in [-0.25, -0.2) is 0 Å². The third-order valence-electron chi connectivity index (χ3n) is 2.55. The Hall–Kier alpha value is -1.47. The normalized spacial score (nSPS) is 11.6. The molecule has 0 bridgehead atoms. The zero-order valence-electron chi connectivity index (χ0n) is 10.8. The highest BCUT2D eigenvalue weighted by atomic mass is 32.2. The molecule has 0 saturated heterocycles. The molecule has 1 unspecified atom stereocenters. The number of carbonyl (C=O) groups is 1. The Kier molecular flexibility index (Phi) is 6.31. The van der Waals surface area contributed by atoms with E-state index in [1.54, 1.807) is 4.90 Å². The zero-order chi connectivity index (χ0) is 13.4. The first kappa shape index (κ1) is 14.6. The lowest BCUT2D eigenvalue weighted by Crippen LogP contribution is -2.35. The van der Waals surface area contributed by atoms with Gasteiger partial charge in [-0.05, 0) is 26.0 Å². The van der Waals surface area contributed by atoms with Gasteiger partial charge in [0.1, 0.15) is 0 Å². The van der Waals surface area contributed by atoms with Crippen molar-refractivity contribution in [3.05, 3.63) is 30.3 Å². The van der Waals surface area contributed by atoms with Gasteiger partial charge in [0, 0.05) is 18.0 Å². The van der Waals surface area contributed by atoms with E-state index in [0.717, 1.165) is 4.90 Å². The van der Waals surface area contributed by atoms with Crippen LogP contribution in [-0.2, 0) is 4.79 Å². The predicted molar refractivity (Wildman–Crippen MR) is 74.2 cm³/mol. The number of rotatable bonds is 6. The van der Waals surface area contributed by atoms with Gasteiger partial charge in [0.05, 0.1) is 17.7 Å². The van der Waals surface area contributed by atoms with E-state index in [9.17, 15) is 4.79 Å². The first-order valence-electron chi connectivity index (χ1n) is 6.02. The molecule has 1 amide bonds. The summed E-state index contributed by atoms with van der Waals surface area (Å²) in [5.41, 5.74) is 0. The number of nitriles is 1. The van der Waals surface area contributed by atoms with E-state index >= 15 is 0 Å². The van der Waals surface area contributed by atoms with Gasteiger partial charge in [-0.3, -0.25) is 4.79 Å². The molecule has 0 aromatic heterocycles. The molecule has 3 nitrogen and oxygen atoms in total. The van der Waals surface area contributed by atoms with Crippen LogP contribution >= 0.6 is 11.8 Å². The van der Waals surface area contributed by atoms with Crippen LogP contribution in [0.1, 0.15) is 13.8 Å². The average molecular weight is 262 g/mol. The van der Waals surface area contributed by atoms with Crippen LogP contribution in [-0.4, -0.2) is 29.6 Å². The number of hydrogen-bond donors (Lipinski definition) is 0. The summed E-state index contributed by atoms with van der Waals surface area (Å²) in [7, 11) is 0. The molecule has 0 saturated carbocycles. The van der Waals surface area contributed by atoms with Gasteiger partial charge >= 0.3 is 0 Å². The van der Waals surface area contributed by atoms with Crippen LogP contribution in [0, 0.1) is 17.2 Å². The third-order valence-corrected chi connectivity index (χ3v) is 3.55. The predicted octanol–water partition coefficient (Wildman–Crippen LogP) is 2.79. The zero-order valence-corrected chi connectivity index (χ0v) is 11.6. The van der Waals surface area contributed by atoms with E-state index in [1.165, 1.54) is 11.8 Å². The minimum absolute atomic E-state index is 0.0912.